The SMILES string of the molecule is C=CCC1=C([C@@H]2CC(=O)N(Cc3ccccc3)C2=O)C(=O)OC1. The Balaban J connectivity index is 1.85. The van der Waals surface area contributed by atoms with Gasteiger partial charge in [-0.3, -0.25) is 14.5 Å². The number of hydrogen-bond donors (Lipinski definition) is 0. The van der Waals surface area contributed by atoms with E-state index in [2.05, 4.69) is 6.58 Å². The van der Waals surface area contributed by atoms with Crippen molar-refractivity contribution >= 4 is 17.8 Å². The van der Waals surface area contributed by atoms with Crippen LogP contribution in [0.4, 0.5) is 0 Å². The van der Waals surface area contributed by atoms with Crippen LogP contribution in [0, 0.1) is 5.92 Å². The van der Waals surface area contributed by atoms with Crippen LogP contribution in [0.3, 0.4) is 0 Å². The number of benzene rings is 1. The van der Waals surface area contributed by atoms with Gasteiger partial charge in [0.25, 0.3) is 0 Å². The molecule has 0 unspecified atom stereocenters. The molecule has 0 radical (unpaired) electrons. The molecule has 2 aliphatic rings. The fourth-order valence-electron chi connectivity index (χ4n) is 3.03. The van der Waals surface area contributed by atoms with E-state index in [9.17, 15) is 14.4 Å². The van der Waals surface area contributed by atoms with Crippen molar-refractivity contribution in [2.24, 2.45) is 5.92 Å². The second-order valence-corrected chi connectivity index (χ2v) is 5.65. The molecule has 2 heterocycles. The Bertz CT molecular complexity index is 705. The van der Waals surface area contributed by atoms with Gasteiger partial charge in [0.1, 0.15) is 6.61 Å². The number of esters is 1. The number of carbonyl (C=O) groups is 3. The maximum atomic E-state index is 12.6. The van der Waals surface area contributed by atoms with Gasteiger partial charge in [-0.25, -0.2) is 4.79 Å². The number of amides is 2. The van der Waals surface area contributed by atoms with Crippen molar-refractivity contribution < 1.29 is 19.1 Å². The molecule has 23 heavy (non-hydrogen) atoms. The number of rotatable bonds is 5. The molecule has 1 saturated heterocycles. The second-order valence-electron chi connectivity index (χ2n) is 5.65. The Hall–Kier alpha value is -2.69. The van der Waals surface area contributed by atoms with Gasteiger partial charge in [0.15, 0.2) is 0 Å². The van der Waals surface area contributed by atoms with Crippen LogP contribution in [0.25, 0.3) is 0 Å². The third kappa shape index (κ3) is 2.82. The first-order chi connectivity index (χ1) is 11.1. The largest absolute Gasteiger partial charge is 0.458 e. The predicted octanol–water partition coefficient (Wildman–Crippen LogP) is 1.99. The molecule has 1 aromatic carbocycles. The highest BCUT2D eigenvalue weighted by Crippen LogP contribution is 2.34. The highest BCUT2D eigenvalue weighted by Gasteiger charge is 2.45. The van der Waals surface area contributed by atoms with Gasteiger partial charge < -0.3 is 4.74 Å². The summed E-state index contributed by atoms with van der Waals surface area (Å²) in [6, 6.07) is 9.31. The molecule has 0 aromatic heterocycles. The summed E-state index contributed by atoms with van der Waals surface area (Å²) in [6.45, 7) is 4.06. The normalized spacial score (nSPS) is 21.1. The summed E-state index contributed by atoms with van der Waals surface area (Å²) in [5, 5.41) is 0. The lowest BCUT2D eigenvalue weighted by atomic mass is 9.93. The standard InChI is InChI=1S/C18H17NO4/c1-2-6-13-11-23-18(22)16(13)14-9-15(20)19(17(14)21)10-12-7-4-3-5-8-12/h2-5,7-8,14H,1,6,9-11H2/t14-/m0/s1. The van der Waals surface area contributed by atoms with Crippen LogP contribution in [0.1, 0.15) is 18.4 Å². The van der Waals surface area contributed by atoms with Gasteiger partial charge in [0.2, 0.25) is 11.8 Å². The molecule has 2 aliphatic heterocycles. The summed E-state index contributed by atoms with van der Waals surface area (Å²) in [4.78, 5) is 38.1. The Morgan fingerprint density at radius 2 is 1.96 bits per heavy atom. The van der Waals surface area contributed by atoms with E-state index in [0.717, 1.165) is 11.1 Å². The van der Waals surface area contributed by atoms with Gasteiger partial charge >= 0.3 is 5.97 Å². The third-order valence-corrected chi connectivity index (χ3v) is 4.14. The number of nitrogens with zero attached hydrogens (tertiary/aromatic N) is 1. The van der Waals surface area contributed by atoms with Gasteiger partial charge in [-0.2, -0.15) is 0 Å². The number of carbonyl (C=O) groups excluding carboxylic acids is 3. The van der Waals surface area contributed by atoms with Gasteiger partial charge in [-0.1, -0.05) is 36.4 Å². The highest BCUT2D eigenvalue weighted by molar-refractivity contribution is 6.10. The smallest absolute Gasteiger partial charge is 0.335 e. The summed E-state index contributed by atoms with van der Waals surface area (Å²) < 4.78 is 5.04. The van der Waals surface area contributed by atoms with Gasteiger partial charge in [0, 0.05) is 6.42 Å². The van der Waals surface area contributed by atoms with Gasteiger partial charge in [0.05, 0.1) is 18.0 Å². The Kier molecular flexibility index (Phi) is 4.10. The first-order valence-corrected chi connectivity index (χ1v) is 7.50. The Morgan fingerprint density at radius 1 is 1.22 bits per heavy atom. The molecular formula is C18H17NO4. The molecule has 118 valence electrons. The zero-order valence-electron chi connectivity index (χ0n) is 12.7. The van der Waals surface area contributed by atoms with Crippen molar-refractivity contribution in [2.75, 3.05) is 6.61 Å². The van der Waals surface area contributed by atoms with E-state index in [0.29, 0.717) is 12.0 Å². The lowest BCUT2D eigenvalue weighted by molar-refractivity contribution is -0.142. The first-order valence-electron chi connectivity index (χ1n) is 7.50. The summed E-state index contributed by atoms with van der Waals surface area (Å²) in [7, 11) is 0. The summed E-state index contributed by atoms with van der Waals surface area (Å²) in [5.41, 5.74) is 1.97. The van der Waals surface area contributed by atoms with Crippen LogP contribution in [0.5, 0.6) is 0 Å². The average molecular weight is 311 g/mol. The average Bonchev–Trinajstić information content (AvgIpc) is 3.03. The topological polar surface area (TPSA) is 63.7 Å². The zero-order valence-corrected chi connectivity index (χ0v) is 12.7. The third-order valence-electron chi connectivity index (χ3n) is 4.14. The van der Waals surface area contributed by atoms with Crippen molar-refractivity contribution in [3.8, 4) is 0 Å². The molecule has 1 fully saturated rings. The second kappa shape index (κ2) is 6.20. The van der Waals surface area contributed by atoms with Crippen LogP contribution in [-0.4, -0.2) is 29.3 Å². The molecule has 5 heteroatoms. The maximum Gasteiger partial charge on any atom is 0.335 e. The van der Waals surface area contributed by atoms with Crippen LogP contribution < -0.4 is 0 Å². The number of cyclic esters (lactones) is 1. The first kappa shape index (κ1) is 15.2. The molecule has 5 nitrogen and oxygen atoms in total. The molecule has 0 aliphatic carbocycles. The molecule has 1 aromatic rings. The fourth-order valence-corrected chi connectivity index (χ4v) is 3.03. The molecule has 3 rings (SSSR count). The minimum absolute atomic E-state index is 0.0245. The van der Waals surface area contributed by atoms with E-state index in [-0.39, 0.29) is 31.4 Å². The van der Waals surface area contributed by atoms with Crippen LogP contribution in [-0.2, 0) is 25.7 Å². The summed E-state index contributed by atoms with van der Waals surface area (Å²) in [5.74, 6) is -1.80. The Morgan fingerprint density at radius 3 is 2.65 bits per heavy atom. The quantitative estimate of drug-likeness (QED) is 0.474. The van der Waals surface area contributed by atoms with Crippen molar-refractivity contribution in [3.05, 3.63) is 59.7 Å². The van der Waals surface area contributed by atoms with Crippen LogP contribution >= 0.6 is 0 Å². The number of likely N-dealkylation sites (tertiary alicyclic amines) is 1. The minimum Gasteiger partial charge on any atom is -0.458 e. The van der Waals surface area contributed by atoms with Crippen molar-refractivity contribution in [1.29, 1.82) is 0 Å². The van der Waals surface area contributed by atoms with Crippen molar-refractivity contribution in [1.82, 2.24) is 4.90 Å². The lowest BCUT2D eigenvalue weighted by Gasteiger charge is -2.15. The Labute approximate surface area is 134 Å². The molecule has 0 spiro atoms. The number of allylic oxidation sites excluding steroid dienone is 1. The zero-order chi connectivity index (χ0) is 16.4. The van der Waals surface area contributed by atoms with Crippen molar-refractivity contribution in [2.45, 2.75) is 19.4 Å². The number of imide groups is 1. The number of hydrogen-bond acceptors (Lipinski definition) is 4. The van der Waals surface area contributed by atoms with Crippen LogP contribution in [0.15, 0.2) is 54.1 Å². The molecular weight excluding hydrogens is 294 g/mol. The molecule has 1 atom stereocenters. The van der Waals surface area contributed by atoms with Gasteiger partial charge in [-0.15, -0.1) is 6.58 Å². The van der Waals surface area contributed by atoms with E-state index in [1.165, 1.54) is 4.90 Å². The van der Waals surface area contributed by atoms with Crippen molar-refractivity contribution in [3.63, 3.8) is 0 Å². The van der Waals surface area contributed by atoms with E-state index in [4.69, 9.17) is 4.74 Å². The summed E-state index contributed by atoms with van der Waals surface area (Å²) in [6.07, 6.45) is 2.18. The lowest BCUT2D eigenvalue weighted by Crippen LogP contribution is -2.31. The maximum absolute atomic E-state index is 12.6. The highest BCUT2D eigenvalue weighted by atomic mass is 16.5. The van der Waals surface area contributed by atoms with Gasteiger partial charge in [-0.05, 0) is 17.6 Å². The molecule has 0 saturated carbocycles. The van der Waals surface area contributed by atoms with E-state index in [1.54, 1.807) is 6.08 Å². The minimum atomic E-state index is -0.726. The van der Waals surface area contributed by atoms with Crippen LogP contribution in [0.2, 0.25) is 0 Å². The molecule has 2 amide bonds. The monoisotopic (exact) mass is 311 g/mol. The van der Waals surface area contributed by atoms with E-state index < -0.39 is 11.9 Å². The predicted molar refractivity (Wildman–Crippen MR) is 82.9 cm³/mol. The fraction of sp³-hybridized carbons (Fsp3) is 0.278. The van der Waals surface area contributed by atoms with E-state index >= 15 is 0 Å². The molecule has 0 N–H and O–H groups in total. The van der Waals surface area contributed by atoms with E-state index in [1.807, 2.05) is 30.3 Å². The molecule has 0 bridgehead atoms. The summed E-state index contributed by atoms with van der Waals surface area (Å²) >= 11 is 0. The number of ether oxygens (including phenoxy) is 1.